The van der Waals surface area contributed by atoms with E-state index in [1.54, 1.807) is 32.3 Å². The zero-order valence-corrected chi connectivity index (χ0v) is 14.9. The summed E-state index contributed by atoms with van der Waals surface area (Å²) < 4.78 is 13.3. The highest BCUT2D eigenvalue weighted by atomic mass is 19.1. The molecule has 0 unspecified atom stereocenters. The molecule has 0 aliphatic carbocycles. The predicted molar refractivity (Wildman–Crippen MR) is 95.4 cm³/mol. The van der Waals surface area contributed by atoms with E-state index >= 15 is 0 Å². The van der Waals surface area contributed by atoms with Gasteiger partial charge in [0.25, 0.3) is 5.91 Å². The van der Waals surface area contributed by atoms with Gasteiger partial charge < -0.3 is 9.80 Å². The van der Waals surface area contributed by atoms with Crippen molar-refractivity contribution in [2.75, 3.05) is 32.1 Å². The molecule has 1 aliphatic rings. The molecule has 6 heteroatoms. The van der Waals surface area contributed by atoms with Gasteiger partial charge in [-0.25, -0.2) is 4.39 Å². The van der Waals surface area contributed by atoms with Gasteiger partial charge in [-0.15, -0.1) is 10.2 Å². The number of piperidine rings is 1. The first-order valence-electron chi connectivity index (χ1n) is 8.52. The van der Waals surface area contributed by atoms with Gasteiger partial charge in [-0.3, -0.25) is 4.79 Å². The molecule has 0 spiro atoms. The maximum atomic E-state index is 13.3. The van der Waals surface area contributed by atoms with Crippen LogP contribution in [0.1, 0.15) is 40.4 Å². The molecule has 25 heavy (non-hydrogen) atoms. The van der Waals surface area contributed by atoms with Crippen molar-refractivity contribution in [3.8, 4) is 0 Å². The Balaban J connectivity index is 1.65. The summed E-state index contributed by atoms with van der Waals surface area (Å²) in [5.41, 5.74) is 2.61. The Morgan fingerprint density at radius 3 is 2.44 bits per heavy atom. The number of benzene rings is 1. The number of carbonyl (C=O) groups excluding carboxylic acids is 1. The standard InChI is InChI=1S/C19H23FN4O/c1-13-12-15(20)4-5-16(13)14-8-10-24(11-9-14)18-7-6-17(21-22-18)19(25)23(2)3/h4-7,12,14H,8-11H2,1-3H3. The van der Waals surface area contributed by atoms with Crippen molar-refractivity contribution in [1.82, 2.24) is 15.1 Å². The van der Waals surface area contributed by atoms with Crippen LogP contribution in [-0.4, -0.2) is 48.2 Å². The van der Waals surface area contributed by atoms with Crippen LogP contribution in [0.3, 0.4) is 0 Å². The van der Waals surface area contributed by atoms with E-state index in [-0.39, 0.29) is 11.7 Å². The molecule has 0 radical (unpaired) electrons. The molecule has 1 aliphatic heterocycles. The van der Waals surface area contributed by atoms with Crippen molar-refractivity contribution in [2.24, 2.45) is 0 Å². The van der Waals surface area contributed by atoms with E-state index in [0.717, 1.165) is 37.3 Å². The molecule has 1 amide bonds. The van der Waals surface area contributed by atoms with Crippen molar-refractivity contribution in [2.45, 2.75) is 25.7 Å². The molecular formula is C19H23FN4O. The number of hydrogen-bond acceptors (Lipinski definition) is 4. The third kappa shape index (κ3) is 3.78. The molecule has 0 bridgehead atoms. The largest absolute Gasteiger partial charge is 0.355 e. The summed E-state index contributed by atoms with van der Waals surface area (Å²) in [7, 11) is 3.39. The highest BCUT2D eigenvalue weighted by Crippen LogP contribution is 2.31. The first-order chi connectivity index (χ1) is 12.0. The molecule has 1 aromatic carbocycles. The minimum Gasteiger partial charge on any atom is -0.355 e. The first-order valence-corrected chi connectivity index (χ1v) is 8.52. The zero-order chi connectivity index (χ0) is 18.0. The van der Waals surface area contributed by atoms with Gasteiger partial charge in [-0.2, -0.15) is 0 Å². The fourth-order valence-electron chi connectivity index (χ4n) is 3.35. The van der Waals surface area contributed by atoms with E-state index in [4.69, 9.17) is 0 Å². The Morgan fingerprint density at radius 1 is 1.16 bits per heavy atom. The fraction of sp³-hybridized carbons (Fsp3) is 0.421. The third-order valence-electron chi connectivity index (χ3n) is 4.77. The van der Waals surface area contributed by atoms with Crippen LogP contribution in [0.5, 0.6) is 0 Å². The summed E-state index contributed by atoms with van der Waals surface area (Å²) in [6.45, 7) is 3.71. The number of amides is 1. The molecule has 132 valence electrons. The molecule has 1 aromatic heterocycles. The van der Waals surface area contributed by atoms with Crippen molar-refractivity contribution in [3.63, 3.8) is 0 Å². The minimum absolute atomic E-state index is 0.149. The summed E-state index contributed by atoms with van der Waals surface area (Å²) in [5, 5.41) is 8.26. The SMILES string of the molecule is Cc1cc(F)ccc1C1CCN(c2ccc(C(=O)N(C)C)nn2)CC1. The molecule has 1 saturated heterocycles. The Morgan fingerprint density at radius 2 is 1.88 bits per heavy atom. The Labute approximate surface area is 147 Å². The number of nitrogens with zero attached hydrogens (tertiary/aromatic N) is 4. The molecule has 0 N–H and O–H groups in total. The number of rotatable bonds is 3. The second-order valence-corrected chi connectivity index (χ2v) is 6.74. The lowest BCUT2D eigenvalue weighted by Crippen LogP contribution is -2.34. The monoisotopic (exact) mass is 342 g/mol. The van der Waals surface area contributed by atoms with E-state index < -0.39 is 0 Å². The van der Waals surface area contributed by atoms with Crippen molar-refractivity contribution in [3.05, 3.63) is 53.0 Å². The average molecular weight is 342 g/mol. The number of anilines is 1. The lowest BCUT2D eigenvalue weighted by atomic mass is 9.87. The molecule has 1 fully saturated rings. The van der Waals surface area contributed by atoms with Gasteiger partial charge in [-0.1, -0.05) is 6.07 Å². The van der Waals surface area contributed by atoms with Gasteiger partial charge >= 0.3 is 0 Å². The van der Waals surface area contributed by atoms with Crippen molar-refractivity contribution >= 4 is 11.7 Å². The highest BCUT2D eigenvalue weighted by molar-refractivity contribution is 5.91. The second kappa shape index (κ2) is 7.17. The van der Waals surface area contributed by atoms with Gasteiger partial charge in [0, 0.05) is 27.2 Å². The number of carbonyl (C=O) groups is 1. The van der Waals surface area contributed by atoms with Crippen LogP contribution in [-0.2, 0) is 0 Å². The van der Waals surface area contributed by atoms with Gasteiger partial charge in [0.2, 0.25) is 0 Å². The summed E-state index contributed by atoms with van der Waals surface area (Å²) in [6, 6.07) is 8.63. The summed E-state index contributed by atoms with van der Waals surface area (Å²) in [4.78, 5) is 15.5. The summed E-state index contributed by atoms with van der Waals surface area (Å²) in [6.07, 6.45) is 1.99. The van der Waals surface area contributed by atoms with Crippen LogP contribution >= 0.6 is 0 Å². The van der Waals surface area contributed by atoms with E-state index in [1.807, 2.05) is 19.1 Å². The Bertz CT molecular complexity index is 753. The fourth-order valence-corrected chi connectivity index (χ4v) is 3.35. The van der Waals surface area contributed by atoms with Crippen LogP contribution < -0.4 is 4.90 Å². The summed E-state index contributed by atoms with van der Waals surface area (Å²) >= 11 is 0. The topological polar surface area (TPSA) is 49.3 Å². The Hall–Kier alpha value is -2.50. The predicted octanol–water partition coefficient (Wildman–Crippen LogP) is 3.01. The van der Waals surface area contributed by atoms with E-state index in [2.05, 4.69) is 15.1 Å². The quantitative estimate of drug-likeness (QED) is 0.860. The smallest absolute Gasteiger partial charge is 0.273 e. The maximum Gasteiger partial charge on any atom is 0.273 e. The van der Waals surface area contributed by atoms with E-state index in [1.165, 1.54) is 10.5 Å². The third-order valence-corrected chi connectivity index (χ3v) is 4.77. The molecule has 5 nitrogen and oxygen atoms in total. The number of hydrogen-bond donors (Lipinski definition) is 0. The van der Waals surface area contributed by atoms with E-state index in [9.17, 15) is 9.18 Å². The maximum absolute atomic E-state index is 13.3. The minimum atomic E-state index is -0.179. The van der Waals surface area contributed by atoms with Gasteiger partial charge in [0.15, 0.2) is 11.5 Å². The number of aryl methyl sites for hydroxylation is 1. The van der Waals surface area contributed by atoms with Crippen LogP contribution in [0, 0.1) is 12.7 Å². The summed E-state index contributed by atoms with van der Waals surface area (Å²) in [5.74, 6) is 0.912. The Kier molecular flexibility index (Phi) is 4.97. The van der Waals surface area contributed by atoms with Crippen LogP contribution in [0.4, 0.5) is 10.2 Å². The van der Waals surface area contributed by atoms with Crippen LogP contribution in [0.15, 0.2) is 30.3 Å². The van der Waals surface area contributed by atoms with E-state index in [0.29, 0.717) is 11.6 Å². The molecule has 2 aromatic rings. The molecule has 0 atom stereocenters. The second-order valence-electron chi connectivity index (χ2n) is 6.74. The lowest BCUT2D eigenvalue weighted by molar-refractivity contribution is 0.0821. The van der Waals surface area contributed by atoms with Crippen molar-refractivity contribution < 1.29 is 9.18 Å². The zero-order valence-electron chi connectivity index (χ0n) is 14.9. The molecule has 3 rings (SSSR count). The first kappa shape index (κ1) is 17.3. The molecule has 0 saturated carbocycles. The molecular weight excluding hydrogens is 319 g/mol. The number of halogens is 1. The molecule has 2 heterocycles. The van der Waals surface area contributed by atoms with Gasteiger partial charge in [0.1, 0.15) is 5.82 Å². The average Bonchev–Trinajstić information content (AvgIpc) is 2.61. The van der Waals surface area contributed by atoms with Gasteiger partial charge in [-0.05, 0) is 61.1 Å². The van der Waals surface area contributed by atoms with Crippen molar-refractivity contribution in [1.29, 1.82) is 0 Å². The lowest BCUT2D eigenvalue weighted by Gasteiger charge is -2.33. The van der Waals surface area contributed by atoms with Crippen LogP contribution in [0.2, 0.25) is 0 Å². The number of aromatic nitrogens is 2. The normalized spacial score (nSPS) is 15.3. The van der Waals surface area contributed by atoms with Gasteiger partial charge in [0.05, 0.1) is 0 Å². The highest BCUT2D eigenvalue weighted by Gasteiger charge is 2.23. The van der Waals surface area contributed by atoms with Crippen LogP contribution in [0.25, 0.3) is 0 Å².